The predicted molar refractivity (Wildman–Crippen MR) is 77.4 cm³/mol. The molecule has 0 amide bonds. The first-order valence-corrected chi connectivity index (χ1v) is 7.47. The molecule has 1 fully saturated rings. The maximum Gasteiger partial charge on any atom is 0.170 e. The van der Waals surface area contributed by atoms with Crippen LogP contribution in [0.15, 0.2) is 30.3 Å². The second-order valence-corrected chi connectivity index (χ2v) is 5.48. The van der Waals surface area contributed by atoms with E-state index in [4.69, 9.17) is 0 Å². The molecule has 5 nitrogen and oxygen atoms in total. The van der Waals surface area contributed by atoms with Crippen molar-refractivity contribution in [2.45, 2.75) is 38.6 Å². The van der Waals surface area contributed by atoms with Crippen LogP contribution in [0.1, 0.15) is 37.9 Å². The average Bonchev–Trinajstić information content (AvgIpc) is 2.98. The third-order valence-electron chi connectivity index (χ3n) is 3.98. The van der Waals surface area contributed by atoms with E-state index in [1.807, 2.05) is 30.3 Å². The van der Waals surface area contributed by atoms with Gasteiger partial charge >= 0.3 is 0 Å². The van der Waals surface area contributed by atoms with Crippen molar-refractivity contribution >= 4 is 0 Å². The number of hydrogen-bond acceptors (Lipinski definition) is 4. The number of rotatable bonds is 5. The summed E-state index contributed by atoms with van der Waals surface area (Å²) in [5.41, 5.74) is 1.01. The van der Waals surface area contributed by atoms with E-state index in [1.54, 1.807) is 4.68 Å². The van der Waals surface area contributed by atoms with Crippen LogP contribution in [0.2, 0.25) is 0 Å². The van der Waals surface area contributed by atoms with E-state index in [1.165, 1.54) is 32.1 Å². The normalized spacial score (nSPS) is 16.4. The molecule has 20 heavy (non-hydrogen) atoms. The first kappa shape index (κ1) is 13.2. The molecule has 0 atom stereocenters. The van der Waals surface area contributed by atoms with Crippen molar-refractivity contribution in [2.24, 2.45) is 5.92 Å². The summed E-state index contributed by atoms with van der Waals surface area (Å²) < 4.78 is 1.80. The summed E-state index contributed by atoms with van der Waals surface area (Å²) in [7, 11) is 0. The SMILES string of the molecule is c1ccc(-n2nnnc2CNCC2CCCCC2)cc1. The summed E-state index contributed by atoms with van der Waals surface area (Å²) >= 11 is 0. The summed E-state index contributed by atoms with van der Waals surface area (Å²) in [5.74, 6) is 1.69. The highest BCUT2D eigenvalue weighted by Gasteiger charge is 2.13. The molecule has 1 N–H and O–H groups in total. The van der Waals surface area contributed by atoms with Gasteiger partial charge in [-0.3, -0.25) is 0 Å². The van der Waals surface area contributed by atoms with Crippen molar-refractivity contribution in [1.82, 2.24) is 25.5 Å². The molecule has 1 aromatic carbocycles. The van der Waals surface area contributed by atoms with Gasteiger partial charge in [-0.25, -0.2) is 0 Å². The predicted octanol–water partition coefficient (Wildman–Crippen LogP) is 2.33. The van der Waals surface area contributed by atoms with E-state index in [2.05, 4.69) is 20.8 Å². The Morgan fingerprint density at radius 1 is 1.10 bits per heavy atom. The minimum absolute atomic E-state index is 0.721. The number of benzene rings is 1. The first-order valence-electron chi connectivity index (χ1n) is 7.47. The van der Waals surface area contributed by atoms with Crippen molar-refractivity contribution in [3.05, 3.63) is 36.2 Å². The molecule has 1 aliphatic rings. The topological polar surface area (TPSA) is 55.6 Å². The fourth-order valence-corrected chi connectivity index (χ4v) is 2.87. The van der Waals surface area contributed by atoms with E-state index in [0.717, 1.165) is 30.5 Å². The molecule has 2 aromatic rings. The van der Waals surface area contributed by atoms with Crippen LogP contribution in [0.4, 0.5) is 0 Å². The monoisotopic (exact) mass is 271 g/mol. The fourth-order valence-electron chi connectivity index (χ4n) is 2.87. The largest absolute Gasteiger partial charge is 0.310 e. The van der Waals surface area contributed by atoms with E-state index in [9.17, 15) is 0 Å². The van der Waals surface area contributed by atoms with E-state index in [0.29, 0.717) is 0 Å². The second kappa shape index (κ2) is 6.61. The van der Waals surface area contributed by atoms with Crippen LogP contribution in [0.5, 0.6) is 0 Å². The Bertz CT molecular complexity index is 516. The number of aromatic nitrogens is 4. The van der Waals surface area contributed by atoms with Crippen molar-refractivity contribution in [1.29, 1.82) is 0 Å². The molecule has 0 aliphatic heterocycles. The Balaban J connectivity index is 1.57. The van der Waals surface area contributed by atoms with Crippen molar-refractivity contribution in [2.75, 3.05) is 6.54 Å². The Morgan fingerprint density at radius 2 is 1.90 bits per heavy atom. The standard InChI is InChI=1S/C15H21N5/c1-3-7-13(8-4-1)11-16-12-15-17-18-19-20(15)14-9-5-2-6-10-14/h2,5-6,9-10,13,16H,1,3-4,7-8,11-12H2. The lowest BCUT2D eigenvalue weighted by atomic mass is 9.89. The molecule has 1 aromatic heterocycles. The van der Waals surface area contributed by atoms with Gasteiger partial charge in [-0.2, -0.15) is 4.68 Å². The molecular weight excluding hydrogens is 250 g/mol. The third kappa shape index (κ3) is 3.22. The summed E-state index contributed by atoms with van der Waals surface area (Å²) in [6, 6.07) is 10.0. The molecule has 1 saturated carbocycles. The molecule has 3 rings (SSSR count). The van der Waals surface area contributed by atoms with Gasteiger partial charge in [0.1, 0.15) is 0 Å². The lowest BCUT2D eigenvalue weighted by Crippen LogP contribution is -2.25. The van der Waals surface area contributed by atoms with Gasteiger partial charge < -0.3 is 5.32 Å². The van der Waals surface area contributed by atoms with Crippen LogP contribution in [-0.4, -0.2) is 26.8 Å². The molecule has 0 saturated heterocycles. The highest BCUT2D eigenvalue weighted by atomic mass is 15.5. The summed E-state index contributed by atoms with van der Waals surface area (Å²) in [4.78, 5) is 0. The summed E-state index contributed by atoms with van der Waals surface area (Å²) in [6.07, 6.45) is 6.89. The van der Waals surface area contributed by atoms with Gasteiger partial charge in [0.15, 0.2) is 5.82 Å². The van der Waals surface area contributed by atoms with Crippen LogP contribution in [0.25, 0.3) is 5.69 Å². The van der Waals surface area contributed by atoms with Crippen LogP contribution in [0.3, 0.4) is 0 Å². The molecule has 0 spiro atoms. The van der Waals surface area contributed by atoms with Gasteiger partial charge in [-0.05, 0) is 47.9 Å². The maximum absolute atomic E-state index is 4.11. The summed E-state index contributed by atoms with van der Waals surface area (Å²) in [6.45, 7) is 1.79. The van der Waals surface area contributed by atoms with E-state index >= 15 is 0 Å². The van der Waals surface area contributed by atoms with Crippen LogP contribution >= 0.6 is 0 Å². The Kier molecular flexibility index (Phi) is 4.38. The van der Waals surface area contributed by atoms with Crippen LogP contribution in [-0.2, 0) is 6.54 Å². The summed E-state index contributed by atoms with van der Waals surface area (Å²) in [5, 5.41) is 15.5. The van der Waals surface area contributed by atoms with Crippen LogP contribution in [0, 0.1) is 5.92 Å². The van der Waals surface area contributed by atoms with E-state index in [-0.39, 0.29) is 0 Å². The zero-order valence-electron chi connectivity index (χ0n) is 11.7. The number of para-hydroxylation sites is 1. The Hall–Kier alpha value is -1.75. The molecule has 0 radical (unpaired) electrons. The quantitative estimate of drug-likeness (QED) is 0.907. The van der Waals surface area contributed by atoms with E-state index < -0.39 is 0 Å². The second-order valence-electron chi connectivity index (χ2n) is 5.48. The molecule has 1 heterocycles. The highest BCUT2D eigenvalue weighted by Crippen LogP contribution is 2.22. The number of tetrazole rings is 1. The lowest BCUT2D eigenvalue weighted by Gasteiger charge is -2.21. The third-order valence-corrected chi connectivity index (χ3v) is 3.98. The maximum atomic E-state index is 4.11. The highest BCUT2D eigenvalue weighted by molar-refractivity contribution is 5.30. The molecule has 1 aliphatic carbocycles. The average molecular weight is 271 g/mol. The van der Waals surface area contributed by atoms with Gasteiger partial charge in [0.25, 0.3) is 0 Å². The van der Waals surface area contributed by atoms with Gasteiger partial charge in [-0.15, -0.1) is 5.10 Å². The minimum Gasteiger partial charge on any atom is -0.310 e. The Morgan fingerprint density at radius 3 is 2.70 bits per heavy atom. The Labute approximate surface area is 119 Å². The smallest absolute Gasteiger partial charge is 0.170 e. The molecule has 5 heteroatoms. The number of nitrogens with one attached hydrogen (secondary N) is 1. The zero-order chi connectivity index (χ0) is 13.6. The van der Waals surface area contributed by atoms with Gasteiger partial charge in [-0.1, -0.05) is 37.5 Å². The van der Waals surface area contributed by atoms with Gasteiger partial charge in [0.2, 0.25) is 0 Å². The van der Waals surface area contributed by atoms with Crippen molar-refractivity contribution < 1.29 is 0 Å². The molecule has 106 valence electrons. The van der Waals surface area contributed by atoms with Crippen molar-refractivity contribution in [3.8, 4) is 5.69 Å². The molecule has 0 unspecified atom stereocenters. The zero-order valence-corrected chi connectivity index (χ0v) is 11.7. The number of hydrogen-bond donors (Lipinski definition) is 1. The number of nitrogens with zero attached hydrogens (tertiary/aromatic N) is 4. The lowest BCUT2D eigenvalue weighted by molar-refractivity contribution is 0.340. The van der Waals surface area contributed by atoms with Crippen molar-refractivity contribution in [3.63, 3.8) is 0 Å². The first-order chi connectivity index (χ1) is 9.93. The van der Waals surface area contributed by atoms with Crippen LogP contribution < -0.4 is 5.32 Å². The fraction of sp³-hybridized carbons (Fsp3) is 0.533. The minimum atomic E-state index is 0.721. The molecular formula is C15H21N5. The van der Waals surface area contributed by atoms with Gasteiger partial charge in [0.05, 0.1) is 12.2 Å². The molecule has 0 bridgehead atoms. The van der Waals surface area contributed by atoms with Gasteiger partial charge in [0, 0.05) is 0 Å².